The van der Waals surface area contributed by atoms with Crippen molar-refractivity contribution >= 4 is 35.1 Å². The first-order chi connectivity index (χ1) is 13.5. The minimum absolute atomic E-state index is 0.0124. The second kappa shape index (κ2) is 8.91. The SMILES string of the molecule is CCn1c(SCC(=O)Nc2ccc(OC)cc2OC)nc2c(c1=O)SC(C)C2. The number of rotatable bonds is 7. The van der Waals surface area contributed by atoms with Crippen LogP contribution in [0.1, 0.15) is 19.5 Å². The van der Waals surface area contributed by atoms with Gasteiger partial charge in [-0.15, -0.1) is 11.8 Å². The summed E-state index contributed by atoms with van der Waals surface area (Å²) in [6.07, 6.45) is 0.780. The molecule has 1 aliphatic rings. The van der Waals surface area contributed by atoms with Gasteiger partial charge >= 0.3 is 0 Å². The van der Waals surface area contributed by atoms with E-state index < -0.39 is 0 Å². The molecule has 1 atom stereocenters. The number of amides is 1. The summed E-state index contributed by atoms with van der Waals surface area (Å²) in [7, 11) is 3.10. The second-order valence-corrected chi connectivity index (χ2v) is 8.65. The van der Waals surface area contributed by atoms with Gasteiger partial charge in [0.05, 0.1) is 36.2 Å². The van der Waals surface area contributed by atoms with Crippen LogP contribution in [0.25, 0.3) is 0 Å². The summed E-state index contributed by atoms with van der Waals surface area (Å²) in [5, 5.41) is 3.77. The van der Waals surface area contributed by atoms with E-state index in [4.69, 9.17) is 9.47 Å². The number of methoxy groups -OCH3 is 2. The fourth-order valence-electron chi connectivity index (χ4n) is 2.94. The van der Waals surface area contributed by atoms with Crippen molar-refractivity contribution in [2.75, 3.05) is 25.3 Å². The lowest BCUT2D eigenvalue weighted by atomic mass is 10.2. The highest BCUT2D eigenvalue weighted by Gasteiger charge is 2.26. The zero-order valence-electron chi connectivity index (χ0n) is 16.3. The van der Waals surface area contributed by atoms with Gasteiger partial charge in [0.2, 0.25) is 5.91 Å². The molecule has 0 spiro atoms. The lowest BCUT2D eigenvalue weighted by molar-refractivity contribution is -0.113. The molecule has 1 amide bonds. The zero-order chi connectivity index (χ0) is 20.3. The fraction of sp³-hybridized carbons (Fsp3) is 0.421. The topological polar surface area (TPSA) is 82.5 Å². The summed E-state index contributed by atoms with van der Waals surface area (Å²) < 4.78 is 12.1. The number of benzene rings is 1. The molecular weight excluding hydrogens is 398 g/mol. The first-order valence-corrected chi connectivity index (χ1v) is 10.8. The van der Waals surface area contributed by atoms with Crippen LogP contribution in [0, 0.1) is 0 Å². The number of aromatic nitrogens is 2. The lowest BCUT2D eigenvalue weighted by Crippen LogP contribution is -2.25. The molecule has 3 rings (SSSR count). The Balaban J connectivity index is 1.73. The predicted molar refractivity (Wildman–Crippen MR) is 112 cm³/mol. The standard InChI is InChI=1S/C19H23N3O4S2/c1-5-22-18(24)17-14(8-11(2)28-17)21-19(22)27-10-16(23)20-13-7-6-12(25-3)9-15(13)26-4/h6-7,9,11H,5,8,10H2,1-4H3,(H,20,23). The summed E-state index contributed by atoms with van der Waals surface area (Å²) in [4.78, 5) is 30.5. The van der Waals surface area contributed by atoms with Crippen molar-refractivity contribution in [3.05, 3.63) is 34.2 Å². The molecular formula is C19H23N3O4S2. The maximum atomic E-state index is 12.7. The summed E-state index contributed by atoms with van der Waals surface area (Å²) in [6.45, 7) is 4.51. The predicted octanol–water partition coefficient (Wildman–Crippen LogP) is 3.05. The number of fused-ring (bicyclic) bond motifs is 1. The van der Waals surface area contributed by atoms with Crippen molar-refractivity contribution in [1.82, 2.24) is 9.55 Å². The van der Waals surface area contributed by atoms with Gasteiger partial charge < -0.3 is 14.8 Å². The van der Waals surface area contributed by atoms with Crippen molar-refractivity contribution in [2.45, 2.75) is 42.1 Å². The monoisotopic (exact) mass is 421 g/mol. The Morgan fingerprint density at radius 1 is 1.39 bits per heavy atom. The smallest absolute Gasteiger partial charge is 0.268 e. The van der Waals surface area contributed by atoms with Gasteiger partial charge in [0.15, 0.2) is 5.16 Å². The van der Waals surface area contributed by atoms with Crippen LogP contribution in [0.15, 0.2) is 33.0 Å². The molecule has 2 aromatic rings. The van der Waals surface area contributed by atoms with Crippen molar-refractivity contribution in [1.29, 1.82) is 0 Å². The lowest BCUT2D eigenvalue weighted by Gasteiger charge is -2.13. The maximum Gasteiger partial charge on any atom is 0.268 e. The number of carbonyl (C=O) groups is 1. The number of anilines is 1. The number of hydrogen-bond acceptors (Lipinski definition) is 7. The van der Waals surface area contributed by atoms with Gasteiger partial charge in [-0.25, -0.2) is 4.98 Å². The number of thioether (sulfide) groups is 2. The number of nitrogens with one attached hydrogen (secondary N) is 1. The highest BCUT2D eigenvalue weighted by molar-refractivity contribution is 8.00. The van der Waals surface area contributed by atoms with Crippen molar-refractivity contribution in [2.24, 2.45) is 0 Å². The van der Waals surface area contributed by atoms with Crippen LogP contribution in [0.3, 0.4) is 0 Å². The molecule has 1 unspecified atom stereocenters. The second-order valence-electron chi connectivity index (χ2n) is 6.26. The molecule has 28 heavy (non-hydrogen) atoms. The summed E-state index contributed by atoms with van der Waals surface area (Å²) >= 11 is 2.85. The zero-order valence-corrected chi connectivity index (χ0v) is 17.9. The first kappa shape index (κ1) is 20.6. The Labute approximate surface area is 172 Å². The van der Waals surface area contributed by atoms with E-state index in [9.17, 15) is 9.59 Å². The van der Waals surface area contributed by atoms with Crippen LogP contribution >= 0.6 is 23.5 Å². The number of nitrogens with zero attached hydrogens (tertiary/aromatic N) is 2. The average Bonchev–Trinajstić information content (AvgIpc) is 3.07. The van der Waals surface area contributed by atoms with Crippen LogP contribution in [0.2, 0.25) is 0 Å². The Morgan fingerprint density at radius 3 is 2.86 bits per heavy atom. The average molecular weight is 422 g/mol. The van der Waals surface area contributed by atoms with E-state index in [-0.39, 0.29) is 17.2 Å². The minimum Gasteiger partial charge on any atom is -0.497 e. The van der Waals surface area contributed by atoms with E-state index in [1.165, 1.54) is 18.9 Å². The molecule has 0 saturated carbocycles. The Hall–Kier alpha value is -2.13. The molecule has 0 radical (unpaired) electrons. The van der Waals surface area contributed by atoms with E-state index in [2.05, 4.69) is 17.2 Å². The van der Waals surface area contributed by atoms with Crippen molar-refractivity contribution in [3.63, 3.8) is 0 Å². The number of ether oxygens (including phenoxy) is 2. The number of hydrogen-bond donors (Lipinski definition) is 1. The summed E-state index contributed by atoms with van der Waals surface area (Å²) in [5.41, 5.74) is 1.39. The highest BCUT2D eigenvalue weighted by Crippen LogP contribution is 2.34. The number of carbonyl (C=O) groups excluding carboxylic acids is 1. The normalized spacial score (nSPS) is 15.2. The highest BCUT2D eigenvalue weighted by atomic mass is 32.2. The van der Waals surface area contributed by atoms with Crippen LogP contribution in [0.5, 0.6) is 11.5 Å². The molecule has 2 heterocycles. The summed E-state index contributed by atoms with van der Waals surface area (Å²) in [6, 6.07) is 5.19. The Kier molecular flexibility index (Phi) is 6.56. The van der Waals surface area contributed by atoms with Crippen LogP contribution < -0.4 is 20.3 Å². The molecule has 1 aromatic carbocycles. The van der Waals surface area contributed by atoms with Crippen LogP contribution in [-0.2, 0) is 17.8 Å². The van der Waals surface area contributed by atoms with Gasteiger partial charge in [-0.3, -0.25) is 14.2 Å². The molecule has 9 heteroatoms. The van der Waals surface area contributed by atoms with E-state index in [1.807, 2.05) is 6.92 Å². The van der Waals surface area contributed by atoms with Gasteiger partial charge in [-0.05, 0) is 19.1 Å². The summed E-state index contributed by atoms with van der Waals surface area (Å²) in [5.74, 6) is 1.10. The molecule has 0 bridgehead atoms. The van der Waals surface area contributed by atoms with Gasteiger partial charge in [-0.1, -0.05) is 18.7 Å². The molecule has 1 aliphatic heterocycles. The minimum atomic E-state index is -0.200. The van der Waals surface area contributed by atoms with Crippen molar-refractivity contribution < 1.29 is 14.3 Å². The molecule has 0 aliphatic carbocycles. The van der Waals surface area contributed by atoms with E-state index in [1.54, 1.807) is 41.6 Å². The fourth-order valence-corrected chi connectivity index (χ4v) is 4.93. The third-order valence-electron chi connectivity index (χ3n) is 4.29. The quantitative estimate of drug-likeness (QED) is 0.543. The first-order valence-electron chi connectivity index (χ1n) is 8.91. The van der Waals surface area contributed by atoms with E-state index in [0.717, 1.165) is 17.0 Å². The van der Waals surface area contributed by atoms with E-state index in [0.29, 0.717) is 34.1 Å². The molecule has 7 nitrogen and oxygen atoms in total. The third-order valence-corrected chi connectivity index (χ3v) is 6.49. The van der Waals surface area contributed by atoms with Crippen LogP contribution in [-0.4, -0.2) is 40.7 Å². The molecule has 1 N–H and O–H groups in total. The van der Waals surface area contributed by atoms with Gasteiger partial charge in [0.25, 0.3) is 5.56 Å². The van der Waals surface area contributed by atoms with Gasteiger partial charge in [-0.2, -0.15) is 0 Å². The molecule has 150 valence electrons. The molecule has 0 saturated heterocycles. The maximum absolute atomic E-state index is 12.7. The largest absolute Gasteiger partial charge is 0.497 e. The Morgan fingerprint density at radius 2 is 2.18 bits per heavy atom. The van der Waals surface area contributed by atoms with Crippen molar-refractivity contribution in [3.8, 4) is 11.5 Å². The van der Waals surface area contributed by atoms with Crippen LogP contribution in [0.4, 0.5) is 5.69 Å². The van der Waals surface area contributed by atoms with E-state index >= 15 is 0 Å². The van der Waals surface area contributed by atoms with Gasteiger partial charge in [0.1, 0.15) is 11.5 Å². The third kappa shape index (κ3) is 4.30. The Bertz CT molecular complexity index is 946. The van der Waals surface area contributed by atoms with Gasteiger partial charge in [0, 0.05) is 24.3 Å². The molecule has 1 aromatic heterocycles. The molecule has 0 fully saturated rings.